The van der Waals surface area contributed by atoms with Gasteiger partial charge in [0.25, 0.3) is 0 Å². The number of ether oxygens (including phenoxy) is 1. The van der Waals surface area contributed by atoms with Gasteiger partial charge in [-0.2, -0.15) is 11.3 Å². The Morgan fingerprint density at radius 1 is 1.38 bits per heavy atom. The van der Waals surface area contributed by atoms with Crippen LogP contribution in [0.2, 0.25) is 0 Å². The van der Waals surface area contributed by atoms with Crippen molar-refractivity contribution in [3.63, 3.8) is 0 Å². The molecule has 1 heterocycles. The molecule has 4 heteroatoms. The lowest BCUT2D eigenvalue weighted by atomic mass is 9.85. The molecule has 0 bridgehead atoms. The van der Waals surface area contributed by atoms with Crippen molar-refractivity contribution in [1.82, 2.24) is 0 Å². The summed E-state index contributed by atoms with van der Waals surface area (Å²) in [5.74, 6) is 0. The second kappa shape index (κ2) is 6.15. The van der Waals surface area contributed by atoms with Crippen LogP contribution in [0.25, 0.3) is 0 Å². The topological polar surface area (TPSA) is 35.2 Å². The van der Waals surface area contributed by atoms with Crippen molar-refractivity contribution in [2.75, 3.05) is 6.61 Å². The first-order valence-electron chi connectivity index (χ1n) is 5.72. The van der Waals surface area contributed by atoms with E-state index in [4.69, 9.17) is 10.5 Å². The highest BCUT2D eigenvalue weighted by Gasteiger charge is 2.36. The number of halogens is 1. The molecule has 0 saturated heterocycles. The molecular formula is C12H20BrNOS. The molecule has 0 saturated carbocycles. The molecule has 92 valence electrons. The van der Waals surface area contributed by atoms with E-state index >= 15 is 0 Å². The van der Waals surface area contributed by atoms with Gasteiger partial charge >= 0.3 is 0 Å². The fourth-order valence-corrected chi connectivity index (χ4v) is 3.65. The summed E-state index contributed by atoms with van der Waals surface area (Å²) in [7, 11) is 0. The first kappa shape index (κ1) is 14.2. The molecule has 2 N–H and O–H groups in total. The van der Waals surface area contributed by atoms with Crippen LogP contribution in [0.15, 0.2) is 15.2 Å². The maximum atomic E-state index is 6.38. The summed E-state index contributed by atoms with van der Waals surface area (Å²) in [5.41, 5.74) is 7.30. The predicted molar refractivity (Wildman–Crippen MR) is 73.9 cm³/mol. The highest BCUT2D eigenvalue weighted by Crippen LogP contribution is 2.38. The normalized spacial score (nSPS) is 14.1. The molecule has 1 aromatic rings. The lowest BCUT2D eigenvalue weighted by Crippen LogP contribution is -2.43. The van der Waals surface area contributed by atoms with Crippen LogP contribution in [0, 0.1) is 0 Å². The van der Waals surface area contributed by atoms with Crippen molar-refractivity contribution < 1.29 is 4.74 Å². The van der Waals surface area contributed by atoms with E-state index in [0.29, 0.717) is 6.61 Å². The predicted octanol–water partition coefficient (Wildman–Crippen LogP) is 4.11. The molecule has 1 aromatic heterocycles. The van der Waals surface area contributed by atoms with Gasteiger partial charge < -0.3 is 10.5 Å². The molecule has 0 aliphatic rings. The number of nitrogens with two attached hydrogens (primary N) is 1. The van der Waals surface area contributed by atoms with Crippen LogP contribution in [-0.2, 0) is 4.74 Å². The van der Waals surface area contributed by atoms with Gasteiger partial charge in [0, 0.05) is 16.5 Å². The highest BCUT2D eigenvalue weighted by molar-refractivity contribution is 9.10. The molecule has 1 rings (SSSR count). The summed E-state index contributed by atoms with van der Waals surface area (Å²) in [6.45, 7) is 7.01. The molecule has 0 fully saturated rings. The number of hydrogen-bond donors (Lipinski definition) is 1. The molecule has 0 aliphatic heterocycles. The Balaban J connectivity index is 2.99. The third-order valence-corrected chi connectivity index (χ3v) is 4.92. The molecule has 16 heavy (non-hydrogen) atoms. The zero-order valence-electron chi connectivity index (χ0n) is 10.1. The number of thiophene rings is 1. The summed E-state index contributed by atoms with van der Waals surface area (Å²) >= 11 is 5.21. The average Bonchev–Trinajstić information content (AvgIpc) is 2.71. The lowest BCUT2D eigenvalue weighted by molar-refractivity contribution is -0.0646. The van der Waals surface area contributed by atoms with Gasteiger partial charge in [0.2, 0.25) is 0 Å². The van der Waals surface area contributed by atoms with Gasteiger partial charge in [0.1, 0.15) is 0 Å². The lowest BCUT2D eigenvalue weighted by Gasteiger charge is -2.37. The van der Waals surface area contributed by atoms with E-state index in [9.17, 15) is 0 Å². The second-order valence-corrected chi connectivity index (χ2v) is 5.46. The molecular weight excluding hydrogens is 286 g/mol. The van der Waals surface area contributed by atoms with Gasteiger partial charge in [0.15, 0.2) is 0 Å². The second-order valence-electron chi connectivity index (χ2n) is 3.86. The van der Waals surface area contributed by atoms with E-state index in [1.807, 2.05) is 6.92 Å². The fraction of sp³-hybridized carbons (Fsp3) is 0.667. The van der Waals surface area contributed by atoms with Crippen LogP contribution in [-0.4, -0.2) is 12.2 Å². The van der Waals surface area contributed by atoms with E-state index in [0.717, 1.165) is 22.9 Å². The molecule has 0 aliphatic carbocycles. The smallest absolute Gasteiger partial charge is 0.0869 e. The van der Waals surface area contributed by atoms with Gasteiger partial charge in [-0.15, -0.1) is 0 Å². The van der Waals surface area contributed by atoms with Crippen molar-refractivity contribution >= 4 is 27.3 Å². The Labute approximate surface area is 110 Å². The van der Waals surface area contributed by atoms with E-state index in [-0.39, 0.29) is 11.6 Å². The van der Waals surface area contributed by atoms with Gasteiger partial charge in [-0.25, -0.2) is 0 Å². The minimum absolute atomic E-state index is 0.0666. The van der Waals surface area contributed by atoms with Crippen molar-refractivity contribution in [3.05, 3.63) is 20.8 Å². The Hall–Kier alpha value is 0.100. The Kier molecular flexibility index (Phi) is 5.44. The molecule has 1 atom stereocenters. The molecule has 0 aromatic carbocycles. The van der Waals surface area contributed by atoms with Gasteiger partial charge in [-0.05, 0) is 46.6 Å². The minimum atomic E-state index is -0.238. The van der Waals surface area contributed by atoms with Crippen LogP contribution in [0.3, 0.4) is 0 Å². The SMILES string of the molecule is CCOC(CC)(CC)C(N)c1cscc1Br. The van der Waals surface area contributed by atoms with E-state index in [2.05, 4.69) is 40.5 Å². The Bertz CT molecular complexity index is 323. The highest BCUT2D eigenvalue weighted by atomic mass is 79.9. The summed E-state index contributed by atoms with van der Waals surface area (Å²) in [6.07, 6.45) is 1.86. The first-order chi connectivity index (χ1) is 7.61. The van der Waals surface area contributed by atoms with Crippen molar-refractivity contribution in [2.24, 2.45) is 5.73 Å². The van der Waals surface area contributed by atoms with Crippen molar-refractivity contribution in [1.29, 1.82) is 0 Å². The van der Waals surface area contributed by atoms with Crippen LogP contribution >= 0.6 is 27.3 Å². The quantitative estimate of drug-likeness (QED) is 0.858. The number of rotatable bonds is 6. The number of hydrogen-bond acceptors (Lipinski definition) is 3. The summed E-state index contributed by atoms with van der Waals surface area (Å²) in [5, 5.41) is 4.17. The van der Waals surface area contributed by atoms with Crippen LogP contribution < -0.4 is 5.73 Å². The Morgan fingerprint density at radius 3 is 2.38 bits per heavy atom. The first-order valence-corrected chi connectivity index (χ1v) is 7.46. The van der Waals surface area contributed by atoms with Crippen LogP contribution in [0.1, 0.15) is 45.2 Å². The van der Waals surface area contributed by atoms with E-state index < -0.39 is 0 Å². The minimum Gasteiger partial charge on any atom is -0.373 e. The largest absolute Gasteiger partial charge is 0.373 e. The molecule has 0 radical (unpaired) electrons. The zero-order valence-corrected chi connectivity index (χ0v) is 12.5. The maximum Gasteiger partial charge on any atom is 0.0869 e. The third-order valence-electron chi connectivity index (χ3n) is 3.17. The van der Waals surface area contributed by atoms with Gasteiger partial charge in [0.05, 0.1) is 11.6 Å². The van der Waals surface area contributed by atoms with Gasteiger partial charge in [-0.1, -0.05) is 13.8 Å². The molecule has 1 unspecified atom stereocenters. The van der Waals surface area contributed by atoms with Gasteiger partial charge in [-0.3, -0.25) is 0 Å². The summed E-state index contributed by atoms with van der Waals surface area (Å²) < 4.78 is 7.02. The van der Waals surface area contributed by atoms with E-state index in [1.54, 1.807) is 11.3 Å². The molecule has 0 spiro atoms. The summed E-state index contributed by atoms with van der Waals surface area (Å²) in [4.78, 5) is 0. The van der Waals surface area contributed by atoms with Crippen molar-refractivity contribution in [2.45, 2.75) is 45.3 Å². The standard InChI is InChI=1S/C12H20BrNOS/c1-4-12(5-2,15-6-3)11(14)9-7-16-8-10(9)13/h7-8,11H,4-6,14H2,1-3H3. The average molecular weight is 306 g/mol. The fourth-order valence-electron chi connectivity index (χ4n) is 2.07. The summed E-state index contributed by atoms with van der Waals surface area (Å²) in [6, 6.07) is -0.0666. The monoisotopic (exact) mass is 305 g/mol. The van der Waals surface area contributed by atoms with Crippen LogP contribution in [0.5, 0.6) is 0 Å². The van der Waals surface area contributed by atoms with E-state index in [1.165, 1.54) is 0 Å². The van der Waals surface area contributed by atoms with Crippen molar-refractivity contribution in [3.8, 4) is 0 Å². The molecule has 2 nitrogen and oxygen atoms in total. The van der Waals surface area contributed by atoms with Crippen LogP contribution in [0.4, 0.5) is 0 Å². The maximum absolute atomic E-state index is 6.38. The zero-order chi connectivity index (χ0) is 12.2. The Morgan fingerprint density at radius 2 is 2.00 bits per heavy atom. The third kappa shape index (κ3) is 2.67. The molecule has 0 amide bonds.